The van der Waals surface area contributed by atoms with Crippen LogP contribution >= 0.6 is 0 Å². The van der Waals surface area contributed by atoms with Crippen molar-refractivity contribution in [1.29, 1.82) is 0 Å². The summed E-state index contributed by atoms with van der Waals surface area (Å²) < 4.78 is 0. The molecule has 0 aromatic rings. The van der Waals surface area contributed by atoms with Gasteiger partial charge in [0.15, 0.2) is 17.3 Å². The lowest BCUT2D eigenvalue weighted by Gasteiger charge is -2.58. The van der Waals surface area contributed by atoms with Crippen molar-refractivity contribution >= 4 is 34.9 Å². The Balaban J connectivity index is 1.81. The minimum absolute atomic E-state index is 0.0770. The van der Waals surface area contributed by atoms with Gasteiger partial charge in [0.2, 0.25) is 0 Å². The minimum atomic E-state index is -1.18. The summed E-state index contributed by atoms with van der Waals surface area (Å²) in [5.41, 5.74) is -2.04. The summed E-state index contributed by atoms with van der Waals surface area (Å²) in [4.78, 5) is 78.2. The zero-order valence-electron chi connectivity index (χ0n) is 22.9. The third-order valence-electron chi connectivity index (χ3n) is 10.8. The molecule has 0 bridgehead atoms. The molecule has 2 fully saturated rings. The molecule has 4 aliphatic rings. The summed E-state index contributed by atoms with van der Waals surface area (Å²) in [5.74, 6) is -3.30. The third kappa shape index (κ3) is 3.59. The molecule has 200 valence electrons. The van der Waals surface area contributed by atoms with Crippen molar-refractivity contribution in [3.05, 3.63) is 22.8 Å². The fourth-order valence-electron chi connectivity index (χ4n) is 8.23. The standard InChI is InChI=1S/C30H38O7/c1-15(10-17(31)11-16(2)26(36)37)18-12-23(35)30(7)25-19(32)13-21-27(3,4)22(34)8-9-28(21,5)24(25)20(33)14-29(18,30)6/h10,16,18,21H,8-9,11-14H2,1-7H3,(H,36,37)/b15-10-/t16-,18-,21+,28+,29-,30+/m1/s1. The highest BCUT2D eigenvalue weighted by Crippen LogP contribution is 2.69. The summed E-state index contributed by atoms with van der Waals surface area (Å²) in [6, 6.07) is 0. The quantitative estimate of drug-likeness (QED) is 0.542. The van der Waals surface area contributed by atoms with E-state index in [4.69, 9.17) is 5.11 Å². The maximum atomic E-state index is 14.0. The summed E-state index contributed by atoms with van der Waals surface area (Å²) in [7, 11) is 0. The molecular formula is C30H38O7. The number of ketones is 5. The molecule has 4 aliphatic carbocycles. The average Bonchev–Trinajstić information content (AvgIpc) is 2.99. The van der Waals surface area contributed by atoms with Crippen LogP contribution in [0.4, 0.5) is 0 Å². The molecule has 6 atom stereocenters. The zero-order chi connectivity index (χ0) is 27.9. The fraction of sp³-hybridized carbons (Fsp3) is 0.667. The maximum absolute atomic E-state index is 14.0. The SMILES string of the molecule is C/C(=C/C(=O)C[C@@H](C)C(=O)O)[C@H]1CC(=O)[C@@]2(C)C3=C(C(=O)C[C@]12C)[C@@]1(C)CCC(=O)C(C)(C)[C@@H]1CC3=O. The van der Waals surface area contributed by atoms with Crippen molar-refractivity contribution in [3.63, 3.8) is 0 Å². The van der Waals surface area contributed by atoms with Crippen molar-refractivity contribution in [1.82, 2.24) is 0 Å². The number of carboxylic acid groups (broad SMARTS) is 1. The third-order valence-corrected chi connectivity index (χ3v) is 10.8. The molecule has 0 unspecified atom stereocenters. The average molecular weight is 511 g/mol. The molecule has 0 amide bonds. The van der Waals surface area contributed by atoms with Crippen molar-refractivity contribution in [3.8, 4) is 0 Å². The molecule has 1 N–H and O–H groups in total. The maximum Gasteiger partial charge on any atom is 0.306 e. The van der Waals surface area contributed by atoms with Crippen LogP contribution in [0.3, 0.4) is 0 Å². The predicted octanol–water partition coefficient (Wildman–Crippen LogP) is 4.47. The van der Waals surface area contributed by atoms with E-state index >= 15 is 0 Å². The number of aliphatic carboxylic acids is 1. The lowest BCUT2D eigenvalue weighted by Crippen LogP contribution is -2.59. The van der Waals surface area contributed by atoms with E-state index in [0.717, 1.165) is 0 Å². The molecule has 0 heterocycles. The molecule has 37 heavy (non-hydrogen) atoms. The summed E-state index contributed by atoms with van der Waals surface area (Å²) in [6.07, 6.45) is 2.40. The van der Waals surface area contributed by atoms with Crippen LogP contribution in [0.15, 0.2) is 22.8 Å². The van der Waals surface area contributed by atoms with Crippen molar-refractivity contribution in [2.45, 2.75) is 87.0 Å². The van der Waals surface area contributed by atoms with Crippen LogP contribution < -0.4 is 0 Å². The van der Waals surface area contributed by atoms with Gasteiger partial charge in [-0.1, -0.05) is 40.2 Å². The predicted molar refractivity (Wildman–Crippen MR) is 135 cm³/mol. The van der Waals surface area contributed by atoms with Gasteiger partial charge in [0.25, 0.3) is 0 Å². The molecule has 4 rings (SSSR count). The molecule has 0 aliphatic heterocycles. The number of carbonyl (C=O) groups is 6. The van der Waals surface area contributed by atoms with E-state index in [9.17, 15) is 28.8 Å². The van der Waals surface area contributed by atoms with Crippen LogP contribution in [0.2, 0.25) is 0 Å². The van der Waals surface area contributed by atoms with E-state index in [1.807, 2.05) is 27.7 Å². The van der Waals surface area contributed by atoms with Crippen molar-refractivity contribution in [2.75, 3.05) is 0 Å². The number of hydrogen-bond acceptors (Lipinski definition) is 6. The second-order valence-electron chi connectivity index (χ2n) is 13.1. The monoisotopic (exact) mass is 510 g/mol. The number of allylic oxidation sites excluding steroid dienone is 4. The molecule has 0 spiro atoms. The molecule has 2 saturated carbocycles. The Labute approximate surface area is 218 Å². The van der Waals surface area contributed by atoms with E-state index in [0.29, 0.717) is 29.6 Å². The van der Waals surface area contributed by atoms with Crippen LogP contribution in [0.25, 0.3) is 0 Å². The van der Waals surface area contributed by atoms with Gasteiger partial charge in [0, 0.05) is 54.1 Å². The summed E-state index contributed by atoms with van der Waals surface area (Å²) >= 11 is 0. The summed E-state index contributed by atoms with van der Waals surface area (Å²) in [5, 5.41) is 9.14. The van der Waals surface area contributed by atoms with Gasteiger partial charge in [0.05, 0.1) is 11.3 Å². The number of carboxylic acids is 1. The zero-order valence-corrected chi connectivity index (χ0v) is 22.9. The first-order valence-electron chi connectivity index (χ1n) is 13.2. The van der Waals surface area contributed by atoms with E-state index in [1.165, 1.54) is 13.0 Å². The number of rotatable bonds is 5. The topological polar surface area (TPSA) is 123 Å². The number of hydrogen-bond donors (Lipinski definition) is 1. The normalized spacial score (nSPS) is 38.2. The van der Waals surface area contributed by atoms with Crippen LogP contribution in [0.1, 0.15) is 87.0 Å². The fourth-order valence-corrected chi connectivity index (χ4v) is 8.23. The first-order chi connectivity index (χ1) is 16.9. The number of carbonyl (C=O) groups excluding carboxylic acids is 5. The Bertz CT molecular complexity index is 1220. The highest BCUT2D eigenvalue weighted by atomic mass is 16.4. The van der Waals surface area contributed by atoms with Gasteiger partial charge in [-0.15, -0.1) is 0 Å². The molecule has 0 radical (unpaired) electrons. The van der Waals surface area contributed by atoms with Gasteiger partial charge in [-0.3, -0.25) is 28.8 Å². The first kappa shape index (κ1) is 27.3. The van der Waals surface area contributed by atoms with Crippen LogP contribution in [0.5, 0.6) is 0 Å². The smallest absolute Gasteiger partial charge is 0.306 e. The second-order valence-corrected chi connectivity index (χ2v) is 13.1. The highest BCUT2D eigenvalue weighted by molar-refractivity contribution is 6.17. The first-order valence-corrected chi connectivity index (χ1v) is 13.2. The van der Waals surface area contributed by atoms with E-state index in [-0.39, 0.29) is 60.5 Å². The van der Waals surface area contributed by atoms with Gasteiger partial charge in [-0.25, -0.2) is 0 Å². The Kier molecular flexibility index (Phi) is 6.21. The van der Waals surface area contributed by atoms with Gasteiger partial charge >= 0.3 is 5.97 Å². The molecular weight excluding hydrogens is 472 g/mol. The van der Waals surface area contributed by atoms with E-state index < -0.39 is 39.5 Å². The molecule has 7 nitrogen and oxygen atoms in total. The molecule has 0 saturated heterocycles. The number of Topliss-reactive ketones (excluding diaryl/α,β-unsaturated/α-hetero) is 4. The van der Waals surface area contributed by atoms with Crippen LogP contribution in [0, 0.1) is 39.4 Å². The molecule has 0 aromatic heterocycles. The molecule has 0 aromatic carbocycles. The van der Waals surface area contributed by atoms with Crippen molar-refractivity contribution in [2.24, 2.45) is 39.4 Å². The van der Waals surface area contributed by atoms with Gasteiger partial charge in [-0.05, 0) is 43.6 Å². The van der Waals surface area contributed by atoms with Gasteiger partial charge < -0.3 is 5.11 Å². The highest BCUT2D eigenvalue weighted by Gasteiger charge is 2.70. The number of fused-ring (bicyclic) bond motifs is 4. The van der Waals surface area contributed by atoms with E-state index in [1.54, 1.807) is 13.8 Å². The van der Waals surface area contributed by atoms with Crippen LogP contribution in [-0.2, 0) is 28.8 Å². The Hall–Kier alpha value is -2.70. The minimum Gasteiger partial charge on any atom is -0.481 e. The largest absolute Gasteiger partial charge is 0.481 e. The Morgan fingerprint density at radius 3 is 2.19 bits per heavy atom. The Morgan fingerprint density at radius 1 is 0.973 bits per heavy atom. The van der Waals surface area contributed by atoms with E-state index in [2.05, 4.69) is 0 Å². The Morgan fingerprint density at radius 2 is 1.59 bits per heavy atom. The second kappa shape index (κ2) is 8.40. The summed E-state index contributed by atoms with van der Waals surface area (Å²) in [6.45, 7) is 12.6. The van der Waals surface area contributed by atoms with Crippen molar-refractivity contribution < 1.29 is 33.9 Å². The van der Waals surface area contributed by atoms with Gasteiger partial charge in [-0.2, -0.15) is 0 Å². The molecule has 7 heteroatoms. The lowest BCUT2D eigenvalue weighted by molar-refractivity contribution is -0.147. The van der Waals surface area contributed by atoms with Crippen LogP contribution in [-0.4, -0.2) is 40.0 Å². The van der Waals surface area contributed by atoms with Gasteiger partial charge in [0.1, 0.15) is 11.6 Å². The lowest BCUT2D eigenvalue weighted by atomic mass is 9.43.